The van der Waals surface area contributed by atoms with E-state index in [0.717, 1.165) is 41.8 Å². The van der Waals surface area contributed by atoms with Gasteiger partial charge in [0.05, 0.1) is 17.1 Å². The van der Waals surface area contributed by atoms with Gasteiger partial charge in [-0.05, 0) is 72.5 Å². The molecular weight excluding hydrogens is 559 g/mol. The van der Waals surface area contributed by atoms with Crippen LogP contribution < -0.4 is 10.2 Å². The lowest BCUT2D eigenvalue weighted by Crippen LogP contribution is -2.32. The van der Waals surface area contributed by atoms with Gasteiger partial charge in [-0.1, -0.05) is 72.8 Å². The molecule has 0 bridgehead atoms. The molecule has 0 atom stereocenters. The standard InChI is InChI=1S/C23H17FN2O.C16H14N2/c24-16-11-9-15(10-12-16)23(27)26-14-13-18-17-5-1-3-7-20(17)25-22(18)19-6-2-4-8-21(19)26;1-4-8-15-11(5-1)12-9-10-17-14-7-3-2-6-13(14)16(12)18-15/h1-12,25H,13-14H2;1-8,17-18H,9-10H2. The van der Waals surface area contributed by atoms with Crippen molar-refractivity contribution < 1.29 is 9.18 Å². The van der Waals surface area contributed by atoms with Gasteiger partial charge >= 0.3 is 0 Å². The largest absolute Gasteiger partial charge is 0.384 e. The van der Waals surface area contributed by atoms with Gasteiger partial charge in [-0.15, -0.1) is 0 Å². The Labute approximate surface area is 260 Å². The first kappa shape index (κ1) is 27.0. The number of para-hydroxylation sites is 4. The molecule has 2 aliphatic rings. The van der Waals surface area contributed by atoms with Crippen molar-refractivity contribution in [3.05, 3.63) is 144 Å². The van der Waals surface area contributed by atoms with Crippen molar-refractivity contribution in [3.8, 4) is 22.5 Å². The van der Waals surface area contributed by atoms with Crippen LogP contribution in [0.15, 0.2) is 121 Å². The van der Waals surface area contributed by atoms with E-state index in [1.807, 2.05) is 36.4 Å². The number of benzene rings is 5. The fourth-order valence-electron chi connectivity index (χ4n) is 6.78. The van der Waals surface area contributed by atoms with Gasteiger partial charge < -0.3 is 20.2 Å². The van der Waals surface area contributed by atoms with Crippen molar-refractivity contribution in [3.63, 3.8) is 0 Å². The second-order valence-corrected chi connectivity index (χ2v) is 11.5. The minimum Gasteiger partial charge on any atom is -0.384 e. The lowest BCUT2D eigenvalue weighted by molar-refractivity contribution is 0.0987. The highest BCUT2D eigenvalue weighted by Crippen LogP contribution is 2.40. The monoisotopic (exact) mass is 590 g/mol. The normalized spacial score (nSPS) is 13.3. The number of hydrogen-bond donors (Lipinski definition) is 3. The lowest BCUT2D eigenvalue weighted by atomic mass is 10.0. The smallest absolute Gasteiger partial charge is 0.258 e. The lowest BCUT2D eigenvalue weighted by Gasteiger charge is -2.23. The van der Waals surface area contributed by atoms with E-state index in [-0.39, 0.29) is 11.7 Å². The zero-order valence-corrected chi connectivity index (χ0v) is 24.6. The van der Waals surface area contributed by atoms with Crippen molar-refractivity contribution in [1.82, 2.24) is 9.97 Å². The van der Waals surface area contributed by atoms with Crippen molar-refractivity contribution in [2.24, 2.45) is 0 Å². The number of anilines is 2. The summed E-state index contributed by atoms with van der Waals surface area (Å²) in [6.45, 7) is 1.56. The zero-order chi connectivity index (χ0) is 30.3. The Balaban J connectivity index is 0.000000144. The summed E-state index contributed by atoms with van der Waals surface area (Å²) < 4.78 is 13.3. The van der Waals surface area contributed by atoms with Gasteiger partial charge in [0.1, 0.15) is 5.82 Å². The van der Waals surface area contributed by atoms with E-state index in [1.165, 1.54) is 56.5 Å². The Morgan fingerprint density at radius 1 is 0.622 bits per heavy atom. The average molecular weight is 591 g/mol. The maximum absolute atomic E-state index is 13.3. The summed E-state index contributed by atoms with van der Waals surface area (Å²) in [5.74, 6) is -0.457. The summed E-state index contributed by atoms with van der Waals surface area (Å²) in [6.07, 6.45) is 1.81. The molecule has 0 saturated heterocycles. The highest BCUT2D eigenvalue weighted by atomic mass is 19.1. The minimum absolute atomic E-state index is 0.114. The molecule has 4 heterocycles. The summed E-state index contributed by atoms with van der Waals surface area (Å²) in [4.78, 5) is 22.1. The summed E-state index contributed by atoms with van der Waals surface area (Å²) >= 11 is 0. The number of carbonyl (C=O) groups is 1. The molecule has 5 aromatic carbocycles. The summed E-state index contributed by atoms with van der Waals surface area (Å²) in [5, 5.41) is 6.05. The first-order valence-corrected chi connectivity index (χ1v) is 15.3. The molecule has 0 unspecified atom stereocenters. The summed E-state index contributed by atoms with van der Waals surface area (Å²) in [7, 11) is 0. The van der Waals surface area contributed by atoms with E-state index >= 15 is 0 Å². The second kappa shape index (κ2) is 11.1. The highest BCUT2D eigenvalue weighted by Gasteiger charge is 2.27. The highest BCUT2D eigenvalue weighted by molar-refractivity contribution is 6.09. The van der Waals surface area contributed by atoms with Gasteiger partial charge in [0.2, 0.25) is 0 Å². The van der Waals surface area contributed by atoms with Crippen molar-refractivity contribution >= 4 is 39.1 Å². The van der Waals surface area contributed by atoms with Crippen LogP contribution in [0.25, 0.3) is 44.3 Å². The number of aromatic amines is 2. The predicted molar refractivity (Wildman–Crippen MR) is 181 cm³/mol. The number of fused-ring (bicyclic) bond motifs is 10. The Hall–Kier alpha value is -5.62. The van der Waals surface area contributed by atoms with E-state index in [9.17, 15) is 9.18 Å². The van der Waals surface area contributed by atoms with E-state index in [2.05, 4.69) is 75.9 Å². The molecule has 6 heteroatoms. The van der Waals surface area contributed by atoms with Crippen LogP contribution >= 0.6 is 0 Å². The molecule has 2 aromatic heterocycles. The van der Waals surface area contributed by atoms with Crippen LogP contribution in [0.5, 0.6) is 0 Å². The number of rotatable bonds is 1. The van der Waals surface area contributed by atoms with Crippen LogP contribution in [0.3, 0.4) is 0 Å². The maximum Gasteiger partial charge on any atom is 0.258 e. The molecule has 220 valence electrons. The van der Waals surface area contributed by atoms with Crippen LogP contribution in [0, 0.1) is 5.82 Å². The summed E-state index contributed by atoms with van der Waals surface area (Å²) in [6, 6.07) is 39.0. The number of hydrogen-bond acceptors (Lipinski definition) is 2. The molecular formula is C39H31FN4O. The molecule has 1 amide bonds. The van der Waals surface area contributed by atoms with Gasteiger partial charge in [-0.25, -0.2) is 4.39 Å². The molecule has 9 rings (SSSR count). The molecule has 0 saturated carbocycles. The van der Waals surface area contributed by atoms with Gasteiger partial charge in [0, 0.05) is 57.3 Å². The topological polar surface area (TPSA) is 63.9 Å². The number of H-pyrrole nitrogens is 2. The molecule has 0 fully saturated rings. The summed E-state index contributed by atoms with van der Waals surface area (Å²) in [5.41, 5.74) is 12.2. The van der Waals surface area contributed by atoms with Crippen LogP contribution in [-0.2, 0) is 12.8 Å². The fourth-order valence-corrected chi connectivity index (χ4v) is 6.78. The third kappa shape index (κ3) is 4.75. The van der Waals surface area contributed by atoms with Gasteiger partial charge in [-0.3, -0.25) is 4.79 Å². The number of aromatic nitrogens is 2. The predicted octanol–water partition coefficient (Wildman–Crippen LogP) is 8.98. The second-order valence-electron chi connectivity index (χ2n) is 11.5. The van der Waals surface area contributed by atoms with Gasteiger partial charge in [0.25, 0.3) is 5.91 Å². The van der Waals surface area contributed by atoms with Crippen molar-refractivity contribution in [2.75, 3.05) is 23.3 Å². The molecule has 0 radical (unpaired) electrons. The third-order valence-electron chi connectivity index (χ3n) is 8.90. The Morgan fingerprint density at radius 3 is 1.93 bits per heavy atom. The van der Waals surface area contributed by atoms with Crippen LogP contribution in [0.4, 0.5) is 15.8 Å². The molecule has 2 aliphatic heterocycles. The number of amides is 1. The third-order valence-corrected chi connectivity index (χ3v) is 8.90. The quantitative estimate of drug-likeness (QED) is 0.179. The first-order valence-electron chi connectivity index (χ1n) is 15.3. The Morgan fingerprint density at radius 2 is 1.20 bits per heavy atom. The Bertz CT molecular complexity index is 2190. The Kier molecular flexibility index (Phi) is 6.68. The average Bonchev–Trinajstić information content (AvgIpc) is 3.52. The van der Waals surface area contributed by atoms with Gasteiger partial charge in [-0.2, -0.15) is 0 Å². The van der Waals surface area contributed by atoms with Crippen LogP contribution in [-0.4, -0.2) is 29.0 Å². The van der Waals surface area contributed by atoms with E-state index < -0.39 is 0 Å². The van der Waals surface area contributed by atoms with E-state index in [0.29, 0.717) is 12.1 Å². The number of nitrogens with one attached hydrogen (secondary N) is 3. The van der Waals surface area contributed by atoms with E-state index in [1.54, 1.807) is 17.0 Å². The van der Waals surface area contributed by atoms with Crippen LogP contribution in [0.2, 0.25) is 0 Å². The molecule has 3 N–H and O–H groups in total. The minimum atomic E-state index is -0.343. The number of nitrogens with zero attached hydrogens (tertiary/aromatic N) is 1. The number of halogens is 1. The van der Waals surface area contributed by atoms with Gasteiger partial charge in [0.15, 0.2) is 0 Å². The molecule has 0 spiro atoms. The number of carbonyl (C=O) groups excluding carboxylic acids is 1. The van der Waals surface area contributed by atoms with E-state index in [4.69, 9.17) is 0 Å². The van der Waals surface area contributed by atoms with Crippen molar-refractivity contribution in [2.45, 2.75) is 12.8 Å². The first-order chi connectivity index (χ1) is 22.2. The molecule has 7 aromatic rings. The SMILES string of the molecule is O=C(c1ccc(F)cc1)N1CCc2c([nH]c3ccccc23)-c2ccccc21.c1ccc2c(c1)NCCc1c-2[nH]c2ccccc12. The molecule has 0 aliphatic carbocycles. The molecule has 45 heavy (non-hydrogen) atoms. The molecule has 5 nitrogen and oxygen atoms in total. The van der Waals surface area contributed by atoms with Crippen LogP contribution in [0.1, 0.15) is 21.5 Å². The fraction of sp³-hybridized carbons (Fsp3) is 0.103. The zero-order valence-electron chi connectivity index (χ0n) is 24.6. The maximum atomic E-state index is 13.3. The van der Waals surface area contributed by atoms with Crippen molar-refractivity contribution in [1.29, 1.82) is 0 Å².